The number of pyridine rings is 1. The van der Waals surface area contributed by atoms with Crippen LogP contribution in [0.3, 0.4) is 0 Å². The monoisotopic (exact) mass is 451 g/mol. The quantitative estimate of drug-likeness (QED) is 0.581. The highest BCUT2D eigenvalue weighted by Crippen LogP contribution is 2.40. The zero-order chi connectivity index (χ0) is 23.3. The third-order valence-electron chi connectivity index (χ3n) is 6.90. The number of rotatable bonds is 10. The highest BCUT2D eigenvalue weighted by molar-refractivity contribution is 5.99. The van der Waals surface area contributed by atoms with E-state index in [0.717, 1.165) is 38.5 Å². The van der Waals surface area contributed by atoms with Crippen molar-refractivity contribution < 1.29 is 14.3 Å². The molecule has 33 heavy (non-hydrogen) atoms. The van der Waals surface area contributed by atoms with Crippen LogP contribution in [0.5, 0.6) is 0 Å². The Kier molecular flexibility index (Phi) is 7.28. The molecular formula is C26H33N3O4. The van der Waals surface area contributed by atoms with E-state index in [1.54, 1.807) is 11.7 Å². The third-order valence-corrected chi connectivity index (χ3v) is 6.90. The normalized spacial score (nSPS) is 17.0. The number of benzene rings is 1. The second-order valence-corrected chi connectivity index (χ2v) is 9.33. The molecule has 2 fully saturated rings. The van der Waals surface area contributed by atoms with E-state index < -0.39 is 17.2 Å². The fraction of sp³-hybridized carbons (Fsp3) is 0.500. The first-order chi connectivity index (χ1) is 16.0. The number of carbonyl (C=O) groups excluding carboxylic acids is 2. The Morgan fingerprint density at radius 2 is 1.67 bits per heavy atom. The molecule has 4 rings (SSSR count). The summed E-state index contributed by atoms with van der Waals surface area (Å²) >= 11 is 0. The molecule has 1 heterocycles. The Morgan fingerprint density at radius 1 is 1.03 bits per heavy atom. The molecule has 7 heteroatoms. The number of hydrogen-bond acceptors (Lipinski definition) is 4. The number of ether oxygens (including phenoxy) is 1. The molecule has 0 aliphatic heterocycles. The average molecular weight is 452 g/mol. The minimum atomic E-state index is -0.533. The van der Waals surface area contributed by atoms with Crippen molar-refractivity contribution in [1.29, 1.82) is 0 Å². The van der Waals surface area contributed by atoms with Gasteiger partial charge in [-0.25, -0.2) is 0 Å². The van der Waals surface area contributed by atoms with Crippen LogP contribution in [0.15, 0.2) is 47.5 Å². The van der Waals surface area contributed by atoms with Crippen LogP contribution in [0.4, 0.5) is 0 Å². The fourth-order valence-electron chi connectivity index (χ4n) is 4.69. The number of methoxy groups -OCH3 is 1. The van der Waals surface area contributed by atoms with Gasteiger partial charge in [0.15, 0.2) is 0 Å². The lowest BCUT2D eigenvalue weighted by Crippen LogP contribution is -2.41. The zero-order valence-corrected chi connectivity index (χ0v) is 19.3. The van der Waals surface area contributed by atoms with Crippen molar-refractivity contribution in [2.24, 2.45) is 5.92 Å². The molecule has 0 radical (unpaired) electrons. The summed E-state index contributed by atoms with van der Waals surface area (Å²) in [7, 11) is 1.59. The molecule has 0 atom stereocenters. The lowest BCUT2D eigenvalue weighted by Gasteiger charge is -2.30. The van der Waals surface area contributed by atoms with Gasteiger partial charge in [-0.2, -0.15) is 0 Å². The second kappa shape index (κ2) is 10.3. The van der Waals surface area contributed by atoms with Gasteiger partial charge >= 0.3 is 0 Å². The van der Waals surface area contributed by atoms with Crippen LogP contribution in [0.1, 0.15) is 64.8 Å². The van der Waals surface area contributed by atoms with E-state index in [9.17, 15) is 14.4 Å². The Balaban J connectivity index is 1.55. The third kappa shape index (κ3) is 5.53. The molecule has 0 bridgehead atoms. The average Bonchev–Trinajstić information content (AvgIpc) is 3.55. The van der Waals surface area contributed by atoms with Crippen LogP contribution < -0.4 is 16.1 Å². The highest BCUT2D eigenvalue weighted by atomic mass is 16.5. The number of nitrogens with one attached hydrogen (secondary N) is 2. The van der Waals surface area contributed by atoms with Gasteiger partial charge in [0.25, 0.3) is 11.8 Å². The van der Waals surface area contributed by atoms with Gasteiger partial charge < -0.3 is 19.9 Å². The van der Waals surface area contributed by atoms with E-state index in [1.807, 2.05) is 18.2 Å². The molecule has 2 saturated carbocycles. The summed E-state index contributed by atoms with van der Waals surface area (Å²) in [6.45, 7) is 1.87. The highest BCUT2D eigenvalue weighted by Gasteiger charge is 2.36. The van der Waals surface area contributed by atoms with E-state index in [0.29, 0.717) is 32.2 Å². The largest absolute Gasteiger partial charge is 0.383 e. The van der Waals surface area contributed by atoms with E-state index in [4.69, 9.17) is 4.74 Å². The van der Waals surface area contributed by atoms with Crippen molar-refractivity contribution in [3.8, 4) is 0 Å². The number of nitrogens with zero attached hydrogens (tertiary/aromatic N) is 1. The standard InChI is InChI=1S/C26H33N3O4/c1-33-14-13-29-16-21(24(31)27-15-19-9-10-19)23(30)22(17-29)25(32)28-18-26(11-5-6-12-26)20-7-3-2-4-8-20/h2-4,7-8,16-17,19H,5-6,9-15,18H2,1H3,(H,27,31)(H,28,32). The molecule has 2 aliphatic carbocycles. The van der Waals surface area contributed by atoms with Gasteiger partial charge in [-0.15, -0.1) is 0 Å². The lowest BCUT2D eigenvalue weighted by molar-refractivity contribution is 0.0940. The maximum Gasteiger partial charge on any atom is 0.256 e. The summed E-state index contributed by atoms with van der Waals surface area (Å²) in [5.41, 5.74) is 0.554. The number of carbonyl (C=O) groups is 2. The van der Waals surface area contributed by atoms with Crippen LogP contribution in [0, 0.1) is 5.92 Å². The van der Waals surface area contributed by atoms with E-state index in [1.165, 1.54) is 18.0 Å². The summed E-state index contributed by atoms with van der Waals surface area (Å²) in [5.74, 6) is -0.369. The maximum absolute atomic E-state index is 13.2. The van der Waals surface area contributed by atoms with Crippen LogP contribution >= 0.6 is 0 Å². The molecule has 2 aliphatic rings. The van der Waals surface area contributed by atoms with E-state index >= 15 is 0 Å². The minimum Gasteiger partial charge on any atom is -0.383 e. The smallest absolute Gasteiger partial charge is 0.256 e. The Labute approximate surface area is 194 Å². The molecule has 0 unspecified atom stereocenters. The van der Waals surface area contributed by atoms with E-state index in [2.05, 4.69) is 22.8 Å². The molecule has 2 aromatic rings. The molecule has 0 saturated heterocycles. The van der Waals surface area contributed by atoms with Gasteiger partial charge in [0.2, 0.25) is 5.43 Å². The number of hydrogen-bond donors (Lipinski definition) is 2. The van der Waals surface area contributed by atoms with Crippen molar-refractivity contribution in [2.75, 3.05) is 26.8 Å². The molecule has 176 valence electrons. The van der Waals surface area contributed by atoms with Gasteiger partial charge in [0.05, 0.1) is 6.61 Å². The first-order valence-corrected chi connectivity index (χ1v) is 11.9. The number of aromatic nitrogens is 1. The van der Waals surface area contributed by atoms with Crippen molar-refractivity contribution in [3.63, 3.8) is 0 Å². The Morgan fingerprint density at radius 3 is 2.27 bits per heavy atom. The Bertz CT molecular complexity index is 1040. The topological polar surface area (TPSA) is 89.4 Å². The van der Waals surface area contributed by atoms with Gasteiger partial charge in [-0.05, 0) is 37.2 Å². The van der Waals surface area contributed by atoms with Crippen LogP contribution in [-0.2, 0) is 16.7 Å². The molecule has 2 N–H and O–H groups in total. The molecule has 1 aromatic heterocycles. The second-order valence-electron chi connectivity index (χ2n) is 9.33. The number of amides is 2. The van der Waals surface area contributed by atoms with Crippen LogP contribution in [-0.4, -0.2) is 43.2 Å². The first kappa shape index (κ1) is 23.2. The first-order valence-electron chi connectivity index (χ1n) is 11.9. The zero-order valence-electron chi connectivity index (χ0n) is 19.3. The maximum atomic E-state index is 13.2. The van der Waals surface area contributed by atoms with Gasteiger partial charge in [0, 0.05) is 44.6 Å². The molecule has 1 aromatic carbocycles. The van der Waals surface area contributed by atoms with Gasteiger partial charge in [-0.1, -0.05) is 43.2 Å². The van der Waals surface area contributed by atoms with Gasteiger partial charge in [-0.3, -0.25) is 14.4 Å². The van der Waals surface area contributed by atoms with Crippen molar-refractivity contribution in [1.82, 2.24) is 15.2 Å². The summed E-state index contributed by atoms with van der Waals surface area (Å²) in [5, 5.41) is 5.86. The predicted octanol–water partition coefficient (Wildman–Crippen LogP) is 2.88. The van der Waals surface area contributed by atoms with Crippen molar-refractivity contribution in [3.05, 3.63) is 69.6 Å². The van der Waals surface area contributed by atoms with Crippen LogP contribution in [0.25, 0.3) is 0 Å². The van der Waals surface area contributed by atoms with E-state index in [-0.39, 0.29) is 16.5 Å². The molecular weight excluding hydrogens is 418 g/mol. The van der Waals surface area contributed by atoms with Crippen molar-refractivity contribution >= 4 is 11.8 Å². The fourth-order valence-corrected chi connectivity index (χ4v) is 4.69. The van der Waals surface area contributed by atoms with Gasteiger partial charge in [0.1, 0.15) is 11.1 Å². The SMILES string of the molecule is COCCn1cc(C(=O)NCC2CC2)c(=O)c(C(=O)NCC2(c3ccccc3)CCCC2)c1. The summed E-state index contributed by atoms with van der Waals surface area (Å²) < 4.78 is 6.83. The van der Waals surface area contributed by atoms with Crippen molar-refractivity contribution in [2.45, 2.75) is 50.5 Å². The molecule has 0 spiro atoms. The minimum absolute atomic E-state index is 0.00181. The predicted molar refractivity (Wildman–Crippen MR) is 127 cm³/mol. The summed E-state index contributed by atoms with van der Waals surface area (Å²) in [6.07, 6.45) is 9.48. The lowest BCUT2D eigenvalue weighted by atomic mass is 9.79. The Hall–Kier alpha value is -2.93. The molecule has 7 nitrogen and oxygen atoms in total. The van der Waals surface area contributed by atoms with Crippen LogP contribution in [0.2, 0.25) is 0 Å². The summed E-state index contributed by atoms with van der Waals surface area (Å²) in [4.78, 5) is 39.0. The summed E-state index contributed by atoms with van der Waals surface area (Å²) in [6, 6.07) is 10.3. The molecule has 2 amide bonds.